The summed E-state index contributed by atoms with van der Waals surface area (Å²) in [6, 6.07) is 0. The van der Waals surface area contributed by atoms with Crippen LogP contribution in [0.15, 0.2) is 0 Å². The van der Waals surface area contributed by atoms with E-state index < -0.39 is 35.4 Å². The molecular formula is C18H31NO9. The Labute approximate surface area is 165 Å². The first-order valence-electron chi connectivity index (χ1n) is 9.19. The lowest BCUT2D eigenvalue weighted by Gasteiger charge is -2.26. The smallest absolute Gasteiger partial charge is 0.374 e. The summed E-state index contributed by atoms with van der Waals surface area (Å²) in [5.74, 6) is -6.65. The predicted molar refractivity (Wildman–Crippen MR) is 97.5 cm³/mol. The van der Waals surface area contributed by atoms with Gasteiger partial charge in [-0.15, -0.1) is 0 Å². The minimum absolute atomic E-state index is 0.179. The van der Waals surface area contributed by atoms with Crippen LogP contribution >= 0.6 is 0 Å². The SMILES string of the molecule is CCOC(C)(OCC)C(=O)OC(=N)CCC(=O)OC(=O)C(C)(OCC)OCC. The average Bonchev–Trinajstić information content (AvgIpc) is 2.60. The van der Waals surface area contributed by atoms with E-state index >= 15 is 0 Å². The van der Waals surface area contributed by atoms with Crippen LogP contribution in [-0.2, 0) is 42.8 Å². The highest BCUT2D eigenvalue weighted by Crippen LogP contribution is 2.17. The molecule has 0 radical (unpaired) electrons. The molecular weight excluding hydrogens is 374 g/mol. The molecule has 28 heavy (non-hydrogen) atoms. The maximum Gasteiger partial charge on any atom is 0.374 e. The van der Waals surface area contributed by atoms with E-state index in [4.69, 9.17) is 33.8 Å². The third kappa shape index (κ3) is 8.42. The van der Waals surface area contributed by atoms with E-state index in [-0.39, 0.29) is 39.3 Å². The zero-order valence-electron chi connectivity index (χ0n) is 17.4. The number of carbonyl (C=O) groups excluding carboxylic acids is 3. The molecule has 162 valence electrons. The van der Waals surface area contributed by atoms with Gasteiger partial charge in [-0.05, 0) is 27.7 Å². The lowest BCUT2D eigenvalue weighted by Crippen LogP contribution is -2.44. The van der Waals surface area contributed by atoms with Gasteiger partial charge in [-0.2, -0.15) is 0 Å². The molecule has 1 N–H and O–H groups in total. The zero-order chi connectivity index (χ0) is 21.8. The molecule has 10 heteroatoms. The molecule has 0 aromatic heterocycles. The number of hydrogen-bond donors (Lipinski definition) is 1. The van der Waals surface area contributed by atoms with Gasteiger partial charge in [0, 0.05) is 46.7 Å². The zero-order valence-corrected chi connectivity index (χ0v) is 17.4. The van der Waals surface area contributed by atoms with Gasteiger partial charge in [-0.1, -0.05) is 0 Å². The van der Waals surface area contributed by atoms with Gasteiger partial charge in [-0.3, -0.25) is 10.2 Å². The molecule has 0 rings (SSSR count). The van der Waals surface area contributed by atoms with Gasteiger partial charge in [-0.25, -0.2) is 9.59 Å². The van der Waals surface area contributed by atoms with Gasteiger partial charge < -0.3 is 28.4 Å². The molecule has 10 nitrogen and oxygen atoms in total. The van der Waals surface area contributed by atoms with Crippen LogP contribution in [0.1, 0.15) is 54.4 Å². The molecule has 0 heterocycles. The second kappa shape index (κ2) is 12.6. The highest BCUT2D eigenvalue weighted by atomic mass is 16.7. The van der Waals surface area contributed by atoms with Crippen LogP contribution in [0.25, 0.3) is 0 Å². The van der Waals surface area contributed by atoms with Crippen LogP contribution in [-0.4, -0.2) is 61.8 Å². The van der Waals surface area contributed by atoms with Crippen molar-refractivity contribution in [2.45, 2.75) is 66.0 Å². The third-order valence-electron chi connectivity index (χ3n) is 3.40. The van der Waals surface area contributed by atoms with E-state index in [1.165, 1.54) is 13.8 Å². The topological polar surface area (TPSA) is 130 Å². The maximum absolute atomic E-state index is 12.1. The Hall–Kier alpha value is -1.88. The van der Waals surface area contributed by atoms with E-state index in [1.54, 1.807) is 27.7 Å². The van der Waals surface area contributed by atoms with Gasteiger partial charge in [0.15, 0.2) is 5.90 Å². The fourth-order valence-corrected chi connectivity index (χ4v) is 2.14. The third-order valence-corrected chi connectivity index (χ3v) is 3.40. The molecule has 0 aromatic carbocycles. The van der Waals surface area contributed by atoms with Crippen molar-refractivity contribution >= 4 is 23.8 Å². The summed E-state index contributed by atoms with van der Waals surface area (Å²) in [5.41, 5.74) is 0. The minimum atomic E-state index is -1.70. The van der Waals surface area contributed by atoms with Crippen molar-refractivity contribution in [2.24, 2.45) is 0 Å². The Bertz CT molecular complexity index is 487. The maximum atomic E-state index is 12.1. The second-order valence-corrected chi connectivity index (χ2v) is 5.70. The molecule has 0 amide bonds. The number of rotatable bonds is 13. The van der Waals surface area contributed by atoms with Gasteiger partial charge >= 0.3 is 17.9 Å². The first kappa shape index (κ1) is 26.1. The summed E-state index contributed by atoms with van der Waals surface area (Å²) in [7, 11) is 0. The average molecular weight is 405 g/mol. The lowest BCUT2D eigenvalue weighted by molar-refractivity contribution is -0.237. The quantitative estimate of drug-likeness (QED) is 0.160. The molecule has 0 aromatic rings. The molecule has 0 atom stereocenters. The fourth-order valence-electron chi connectivity index (χ4n) is 2.14. The van der Waals surface area contributed by atoms with Crippen molar-refractivity contribution in [3.05, 3.63) is 0 Å². The van der Waals surface area contributed by atoms with Crippen LogP contribution in [0.2, 0.25) is 0 Å². The first-order valence-corrected chi connectivity index (χ1v) is 9.19. The lowest BCUT2D eigenvalue weighted by atomic mass is 10.3. The highest BCUT2D eigenvalue weighted by Gasteiger charge is 2.39. The molecule has 0 aliphatic heterocycles. The van der Waals surface area contributed by atoms with Crippen molar-refractivity contribution in [1.29, 1.82) is 5.41 Å². The van der Waals surface area contributed by atoms with Crippen molar-refractivity contribution in [3.63, 3.8) is 0 Å². The monoisotopic (exact) mass is 405 g/mol. The van der Waals surface area contributed by atoms with Crippen molar-refractivity contribution in [3.8, 4) is 0 Å². The standard InChI is InChI=1S/C18H31NO9/c1-7-23-17(5,24-8-2)15(21)27-13(19)11-12-14(20)28-16(22)18(6,25-9-3)26-10-4/h19H,7-12H2,1-6H3. The van der Waals surface area contributed by atoms with Gasteiger partial charge in [0.05, 0.1) is 6.42 Å². The van der Waals surface area contributed by atoms with E-state index in [9.17, 15) is 14.4 Å². The first-order chi connectivity index (χ1) is 13.1. The molecule has 0 saturated carbocycles. The van der Waals surface area contributed by atoms with Gasteiger partial charge in [0.25, 0.3) is 11.6 Å². The summed E-state index contributed by atoms with van der Waals surface area (Å²) in [6.07, 6.45) is -0.613. The molecule has 0 unspecified atom stereocenters. The summed E-state index contributed by atoms with van der Waals surface area (Å²) >= 11 is 0. The minimum Gasteiger partial charge on any atom is -0.408 e. The molecule has 0 fully saturated rings. The van der Waals surface area contributed by atoms with E-state index in [2.05, 4.69) is 0 Å². The van der Waals surface area contributed by atoms with Crippen LogP contribution in [0, 0.1) is 5.41 Å². The molecule has 0 saturated heterocycles. The number of carbonyl (C=O) groups is 3. The number of hydrogen-bond acceptors (Lipinski definition) is 10. The number of esters is 3. The summed E-state index contributed by atoms with van der Waals surface area (Å²) in [6.45, 7) is 10.2. The molecule has 0 aliphatic carbocycles. The van der Waals surface area contributed by atoms with Crippen LogP contribution in [0.4, 0.5) is 0 Å². The van der Waals surface area contributed by atoms with E-state index in [0.717, 1.165) is 0 Å². The molecule has 0 bridgehead atoms. The van der Waals surface area contributed by atoms with Gasteiger partial charge in [0.2, 0.25) is 0 Å². The van der Waals surface area contributed by atoms with E-state index in [0.29, 0.717) is 0 Å². The van der Waals surface area contributed by atoms with Crippen LogP contribution in [0.3, 0.4) is 0 Å². The Balaban J connectivity index is 4.64. The number of nitrogens with one attached hydrogen (secondary N) is 1. The van der Waals surface area contributed by atoms with Crippen LogP contribution in [0.5, 0.6) is 0 Å². The fraction of sp³-hybridized carbons (Fsp3) is 0.778. The number of ether oxygens (including phenoxy) is 6. The largest absolute Gasteiger partial charge is 0.408 e. The Morgan fingerprint density at radius 2 is 1.04 bits per heavy atom. The highest BCUT2D eigenvalue weighted by molar-refractivity contribution is 5.93. The summed E-state index contributed by atoms with van der Waals surface area (Å²) in [4.78, 5) is 36.1. The second-order valence-electron chi connectivity index (χ2n) is 5.70. The normalized spacial score (nSPS) is 11.8. The van der Waals surface area contributed by atoms with Crippen LogP contribution < -0.4 is 0 Å². The Kier molecular flexibility index (Phi) is 11.7. The summed E-state index contributed by atoms with van der Waals surface area (Å²) < 4.78 is 30.5. The van der Waals surface area contributed by atoms with Crippen molar-refractivity contribution in [2.75, 3.05) is 26.4 Å². The summed E-state index contributed by atoms with van der Waals surface area (Å²) in [5, 5.41) is 7.70. The van der Waals surface area contributed by atoms with Gasteiger partial charge in [0.1, 0.15) is 0 Å². The van der Waals surface area contributed by atoms with Crippen molar-refractivity contribution < 1.29 is 42.8 Å². The predicted octanol–water partition coefficient (Wildman–Crippen LogP) is 1.94. The van der Waals surface area contributed by atoms with E-state index in [1.807, 2.05) is 0 Å². The Morgan fingerprint density at radius 1 is 0.679 bits per heavy atom. The molecule has 0 aliphatic rings. The van der Waals surface area contributed by atoms with Crippen molar-refractivity contribution in [1.82, 2.24) is 0 Å². The Morgan fingerprint density at radius 3 is 1.39 bits per heavy atom. The molecule has 0 spiro atoms.